The Morgan fingerprint density at radius 2 is 2.10 bits per heavy atom. The Labute approximate surface area is 130 Å². The standard InChI is InChI=1S/C16H20ClNO3/c1-19-15-11-13(3-4-14(15)21-8-2-7-17)16(12-18)5-9-20-10-6-16/h3-4,11H,2,5-10H2,1H3. The third-order valence-electron chi connectivity index (χ3n) is 3.81. The lowest BCUT2D eigenvalue weighted by molar-refractivity contribution is 0.0674. The largest absolute Gasteiger partial charge is 0.493 e. The molecular formula is C16H20ClNO3. The lowest BCUT2D eigenvalue weighted by Gasteiger charge is -2.31. The number of rotatable bonds is 6. The zero-order valence-electron chi connectivity index (χ0n) is 12.2. The highest BCUT2D eigenvalue weighted by Crippen LogP contribution is 2.38. The van der Waals surface area contributed by atoms with E-state index in [1.54, 1.807) is 7.11 Å². The van der Waals surface area contributed by atoms with Crippen LogP contribution in [0.2, 0.25) is 0 Å². The van der Waals surface area contributed by atoms with Gasteiger partial charge in [-0.15, -0.1) is 11.6 Å². The second-order valence-corrected chi connectivity index (χ2v) is 5.44. The number of nitriles is 1. The first kappa shape index (κ1) is 15.9. The maximum Gasteiger partial charge on any atom is 0.161 e. The van der Waals surface area contributed by atoms with E-state index in [0.29, 0.717) is 50.0 Å². The van der Waals surface area contributed by atoms with E-state index in [9.17, 15) is 5.26 Å². The first-order valence-corrected chi connectivity index (χ1v) is 7.65. The lowest BCUT2D eigenvalue weighted by atomic mass is 9.75. The fourth-order valence-corrected chi connectivity index (χ4v) is 2.62. The smallest absolute Gasteiger partial charge is 0.161 e. The number of hydrogen-bond donors (Lipinski definition) is 0. The van der Waals surface area contributed by atoms with Crippen molar-refractivity contribution in [1.82, 2.24) is 0 Å². The Kier molecular flexibility index (Phi) is 5.72. The van der Waals surface area contributed by atoms with Crippen molar-refractivity contribution in [3.05, 3.63) is 23.8 Å². The highest BCUT2D eigenvalue weighted by Gasteiger charge is 2.35. The molecule has 4 nitrogen and oxygen atoms in total. The molecule has 0 atom stereocenters. The summed E-state index contributed by atoms with van der Waals surface area (Å²) in [5.74, 6) is 1.91. The van der Waals surface area contributed by atoms with Gasteiger partial charge in [-0.1, -0.05) is 6.07 Å². The van der Waals surface area contributed by atoms with Gasteiger partial charge >= 0.3 is 0 Å². The average Bonchev–Trinajstić information content (AvgIpc) is 2.56. The molecule has 0 saturated carbocycles. The summed E-state index contributed by atoms with van der Waals surface area (Å²) >= 11 is 5.65. The minimum Gasteiger partial charge on any atom is -0.493 e. The molecule has 1 aliphatic heterocycles. The monoisotopic (exact) mass is 309 g/mol. The maximum absolute atomic E-state index is 9.61. The number of ether oxygens (including phenoxy) is 3. The summed E-state index contributed by atoms with van der Waals surface area (Å²) in [7, 11) is 1.61. The van der Waals surface area contributed by atoms with Crippen molar-refractivity contribution in [3.8, 4) is 17.6 Å². The highest BCUT2D eigenvalue weighted by molar-refractivity contribution is 6.17. The summed E-state index contributed by atoms with van der Waals surface area (Å²) in [6, 6.07) is 8.19. The Hall–Kier alpha value is -1.44. The molecule has 2 rings (SSSR count). The topological polar surface area (TPSA) is 51.5 Å². The van der Waals surface area contributed by atoms with Gasteiger partial charge in [-0.2, -0.15) is 5.26 Å². The molecule has 0 N–H and O–H groups in total. The van der Waals surface area contributed by atoms with E-state index in [0.717, 1.165) is 12.0 Å². The lowest BCUT2D eigenvalue weighted by Crippen LogP contribution is -2.32. The molecule has 5 heteroatoms. The van der Waals surface area contributed by atoms with Crippen LogP contribution < -0.4 is 9.47 Å². The third kappa shape index (κ3) is 3.61. The number of hydrogen-bond acceptors (Lipinski definition) is 4. The van der Waals surface area contributed by atoms with Crippen LogP contribution in [0.25, 0.3) is 0 Å². The van der Waals surface area contributed by atoms with Crippen molar-refractivity contribution in [2.75, 3.05) is 32.8 Å². The SMILES string of the molecule is COc1cc(C2(C#N)CCOCC2)ccc1OCCCCl. The molecule has 0 aromatic heterocycles. The molecule has 0 unspecified atom stereocenters. The summed E-state index contributed by atoms with van der Waals surface area (Å²) in [6.07, 6.45) is 2.20. The van der Waals surface area contributed by atoms with Gasteiger partial charge in [-0.25, -0.2) is 0 Å². The maximum atomic E-state index is 9.61. The van der Waals surface area contributed by atoms with Crippen molar-refractivity contribution in [3.63, 3.8) is 0 Å². The van der Waals surface area contributed by atoms with Crippen molar-refractivity contribution < 1.29 is 14.2 Å². The van der Waals surface area contributed by atoms with E-state index in [1.165, 1.54) is 0 Å². The van der Waals surface area contributed by atoms with Gasteiger partial charge in [0.05, 0.1) is 25.2 Å². The molecular weight excluding hydrogens is 290 g/mol. The van der Waals surface area contributed by atoms with E-state index >= 15 is 0 Å². The van der Waals surface area contributed by atoms with Crippen LogP contribution in [0.3, 0.4) is 0 Å². The van der Waals surface area contributed by atoms with Gasteiger partial charge in [0.2, 0.25) is 0 Å². The molecule has 1 fully saturated rings. The summed E-state index contributed by atoms with van der Waals surface area (Å²) in [4.78, 5) is 0. The van der Waals surface area contributed by atoms with Crippen molar-refractivity contribution in [1.29, 1.82) is 5.26 Å². The second-order valence-electron chi connectivity index (χ2n) is 5.06. The van der Waals surface area contributed by atoms with Gasteiger partial charge in [-0.05, 0) is 37.0 Å². The van der Waals surface area contributed by atoms with Crippen molar-refractivity contribution >= 4 is 11.6 Å². The van der Waals surface area contributed by atoms with Gasteiger partial charge in [-0.3, -0.25) is 0 Å². The van der Waals surface area contributed by atoms with Crippen LogP contribution in [0.5, 0.6) is 11.5 Å². The number of halogens is 1. The number of nitrogens with zero attached hydrogens (tertiary/aromatic N) is 1. The fourth-order valence-electron chi connectivity index (χ4n) is 2.51. The van der Waals surface area contributed by atoms with Crippen molar-refractivity contribution in [2.24, 2.45) is 0 Å². The first-order chi connectivity index (χ1) is 10.3. The molecule has 1 heterocycles. The molecule has 1 aliphatic rings. The molecule has 114 valence electrons. The first-order valence-electron chi connectivity index (χ1n) is 7.12. The van der Waals surface area contributed by atoms with Crippen LogP contribution in [-0.2, 0) is 10.2 Å². The minimum atomic E-state index is -0.486. The van der Waals surface area contributed by atoms with E-state index < -0.39 is 5.41 Å². The van der Waals surface area contributed by atoms with Gasteiger partial charge in [0.1, 0.15) is 0 Å². The van der Waals surface area contributed by atoms with Gasteiger partial charge < -0.3 is 14.2 Å². The Bertz CT molecular complexity index is 507. The van der Waals surface area contributed by atoms with Crippen molar-refractivity contribution in [2.45, 2.75) is 24.7 Å². The van der Waals surface area contributed by atoms with Gasteiger partial charge in [0.15, 0.2) is 11.5 Å². The highest BCUT2D eigenvalue weighted by atomic mass is 35.5. The third-order valence-corrected chi connectivity index (χ3v) is 4.08. The number of alkyl halides is 1. The summed E-state index contributed by atoms with van der Waals surface area (Å²) in [6.45, 7) is 1.78. The molecule has 0 radical (unpaired) electrons. The molecule has 21 heavy (non-hydrogen) atoms. The number of benzene rings is 1. The summed E-state index contributed by atoms with van der Waals surface area (Å²) < 4.78 is 16.4. The summed E-state index contributed by atoms with van der Waals surface area (Å²) in [5, 5.41) is 9.61. The minimum absolute atomic E-state index is 0.486. The van der Waals surface area contributed by atoms with E-state index in [4.69, 9.17) is 25.8 Å². The second kappa shape index (κ2) is 7.53. The van der Waals surface area contributed by atoms with E-state index in [-0.39, 0.29) is 0 Å². The van der Waals surface area contributed by atoms with Crippen LogP contribution in [-0.4, -0.2) is 32.8 Å². The fraction of sp³-hybridized carbons (Fsp3) is 0.562. The molecule has 1 saturated heterocycles. The van der Waals surface area contributed by atoms with Crippen LogP contribution in [0.4, 0.5) is 0 Å². The van der Waals surface area contributed by atoms with Crippen LogP contribution >= 0.6 is 11.6 Å². The Morgan fingerprint density at radius 3 is 2.71 bits per heavy atom. The molecule has 0 bridgehead atoms. The molecule has 1 aromatic rings. The average molecular weight is 310 g/mol. The van der Waals surface area contributed by atoms with E-state index in [2.05, 4.69) is 6.07 Å². The zero-order chi connectivity index (χ0) is 15.1. The van der Waals surface area contributed by atoms with Gasteiger partial charge in [0, 0.05) is 19.1 Å². The quantitative estimate of drug-likeness (QED) is 0.598. The molecule has 0 amide bonds. The number of methoxy groups -OCH3 is 1. The van der Waals surface area contributed by atoms with E-state index in [1.807, 2.05) is 18.2 Å². The molecule has 0 spiro atoms. The molecule has 0 aliphatic carbocycles. The van der Waals surface area contributed by atoms with Crippen LogP contribution in [0.15, 0.2) is 18.2 Å². The normalized spacial score (nSPS) is 17.0. The Balaban J connectivity index is 2.23. The Morgan fingerprint density at radius 1 is 1.33 bits per heavy atom. The predicted molar refractivity (Wildman–Crippen MR) is 81.2 cm³/mol. The van der Waals surface area contributed by atoms with Gasteiger partial charge in [0.25, 0.3) is 0 Å². The zero-order valence-corrected chi connectivity index (χ0v) is 13.0. The van der Waals surface area contributed by atoms with Crippen LogP contribution in [0, 0.1) is 11.3 Å². The van der Waals surface area contributed by atoms with Crippen LogP contribution in [0.1, 0.15) is 24.8 Å². The molecule has 1 aromatic carbocycles. The predicted octanol–water partition coefficient (Wildman–Crippen LogP) is 3.27. The summed E-state index contributed by atoms with van der Waals surface area (Å²) in [5.41, 5.74) is 0.482.